The second kappa shape index (κ2) is 6.85. The van der Waals surface area contributed by atoms with Crippen LogP contribution < -0.4 is 9.64 Å². The van der Waals surface area contributed by atoms with Crippen molar-refractivity contribution in [2.24, 2.45) is 4.99 Å². The van der Waals surface area contributed by atoms with Gasteiger partial charge in [-0.2, -0.15) is 0 Å². The zero-order valence-corrected chi connectivity index (χ0v) is 16.5. The largest absolute Gasteiger partial charge is 0.497 e. The lowest BCUT2D eigenvalue weighted by Gasteiger charge is -2.33. The standard InChI is InChI=1S/C24H21N3O2/c1-15-4-6-16(7-5-15)22(28)20-13-18-12-17-8-9-19(29-2)14-21(17)26-23(18)27-11-3-10-25-24(20)27/h4-9,12-14H,3,10-11H2,1-2H3. The quantitative estimate of drug-likeness (QED) is 0.628. The van der Waals surface area contributed by atoms with Crippen LogP contribution >= 0.6 is 0 Å². The third kappa shape index (κ3) is 2.99. The molecule has 0 saturated heterocycles. The van der Waals surface area contributed by atoms with Crippen LogP contribution in [0.1, 0.15) is 27.9 Å². The van der Waals surface area contributed by atoms with E-state index in [2.05, 4.69) is 11.0 Å². The average molecular weight is 383 g/mol. The topological polar surface area (TPSA) is 54.8 Å². The highest BCUT2D eigenvalue weighted by molar-refractivity contribution is 6.35. The lowest BCUT2D eigenvalue weighted by molar-refractivity contribution is 0.104. The van der Waals surface area contributed by atoms with Crippen LogP contribution in [0.4, 0.5) is 5.82 Å². The number of Topliss-reactive ketones (excluding diaryl/α,β-unsaturated/α-hetero) is 1. The Kier molecular flexibility index (Phi) is 4.16. The number of rotatable bonds is 3. The van der Waals surface area contributed by atoms with Gasteiger partial charge in [-0.3, -0.25) is 9.79 Å². The minimum absolute atomic E-state index is 0.00359. The minimum atomic E-state index is -0.00359. The number of amidine groups is 1. The molecule has 0 bridgehead atoms. The van der Waals surface area contributed by atoms with Gasteiger partial charge in [0.05, 0.1) is 18.2 Å². The molecular weight excluding hydrogens is 362 g/mol. The van der Waals surface area contributed by atoms with Gasteiger partial charge in [0.15, 0.2) is 5.78 Å². The zero-order chi connectivity index (χ0) is 20.0. The van der Waals surface area contributed by atoms with Gasteiger partial charge in [0, 0.05) is 35.7 Å². The maximum absolute atomic E-state index is 13.3. The number of ketones is 1. The molecular formula is C24H21N3O2. The van der Waals surface area contributed by atoms with E-state index < -0.39 is 0 Å². The molecule has 2 aliphatic rings. The van der Waals surface area contributed by atoms with Crippen molar-refractivity contribution < 1.29 is 9.53 Å². The molecule has 0 saturated carbocycles. The van der Waals surface area contributed by atoms with E-state index in [9.17, 15) is 4.79 Å². The Bertz CT molecular complexity index is 1190. The summed E-state index contributed by atoms with van der Waals surface area (Å²) in [5.74, 6) is 2.35. The SMILES string of the molecule is COc1ccc2cc3c(nc2c1)N1CCCN=C1C(C(=O)c1ccc(C)cc1)=C3. The number of benzene rings is 2. The van der Waals surface area contributed by atoms with Crippen LogP contribution in [-0.4, -0.2) is 36.8 Å². The number of ether oxygens (including phenoxy) is 1. The molecule has 0 N–H and O–H groups in total. The normalized spacial score (nSPS) is 15.3. The molecule has 0 spiro atoms. The molecule has 29 heavy (non-hydrogen) atoms. The number of anilines is 1. The highest BCUT2D eigenvalue weighted by atomic mass is 16.5. The van der Waals surface area contributed by atoms with Gasteiger partial charge in [-0.05, 0) is 37.6 Å². The fourth-order valence-electron chi connectivity index (χ4n) is 3.89. The van der Waals surface area contributed by atoms with Crippen LogP contribution in [0.5, 0.6) is 5.75 Å². The average Bonchev–Trinajstić information content (AvgIpc) is 2.77. The summed E-state index contributed by atoms with van der Waals surface area (Å²) in [4.78, 5) is 25.0. The Hall–Kier alpha value is -3.47. The third-order valence-electron chi connectivity index (χ3n) is 5.45. The van der Waals surface area contributed by atoms with Gasteiger partial charge in [-0.1, -0.05) is 29.8 Å². The zero-order valence-electron chi connectivity index (χ0n) is 16.5. The van der Waals surface area contributed by atoms with E-state index in [0.29, 0.717) is 11.1 Å². The van der Waals surface area contributed by atoms with Gasteiger partial charge in [-0.15, -0.1) is 0 Å². The number of fused-ring (bicyclic) bond motifs is 4. The Morgan fingerprint density at radius 1 is 1.10 bits per heavy atom. The van der Waals surface area contributed by atoms with Crippen molar-refractivity contribution in [2.75, 3.05) is 25.1 Å². The molecule has 3 heterocycles. The number of carbonyl (C=O) groups excluding carboxylic acids is 1. The van der Waals surface area contributed by atoms with Gasteiger partial charge >= 0.3 is 0 Å². The number of methoxy groups -OCH3 is 1. The number of hydrogen-bond donors (Lipinski definition) is 0. The molecule has 3 aromatic rings. The van der Waals surface area contributed by atoms with E-state index in [1.165, 1.54) is 0 Å². The van der Waals surface area contributed by atoms with Crippen molar-refractivity contribution in [2.45, 2.75) is 13.3 Å². The minimum Gasteiger partial charge on any atom is -0.497 e. The third-order valence-corrected chi connectivity index (χ3v) is 5.45. The van der Waals surface area contributed by atoms with E-state index >= 15 is 0 Å². The first-order valence-electron chi connectivity index (χ1n) is 9.78. The van der Waals surface area contributed by atoms with Crippen LogP contribution in [0, 0.1) is 6.92 Å². The summed E-state index contributed by atoms with van der Waals surface area (Å²) in [6.45, 7) is 3.54. The summed E-state index contributed by atoms with van der Waals surface area (Å²) in [5.41, 5.74) is 4.26. The van der Waals surface area contributed by atoms with Crippen molar-refractivity contribution >= 4 is 34.4 Å². The fraction of sp³-hybridized carbons (Fsp3) is 0.208. The lowest BCUT2D eigenvalue weighted by atomic mass is 9.94. The molecule has 144 valence electrons. The summed E-state index contributed by atoms with van der Waals surface area (Å²) in [6, 6.07) is 15.6. The predicted octanol–water partition coefficient (Wildman–Crippen LogP) is 4.44. The molecule has 0 aliphatic carbocycles. The van der Waals surface area contributed by atoms with Crippen LogP contribution in [0.2, 0.25) is 0 Å². The molecule has 2 aromatic carbocycles. The molecule has 0 amide bonds. The Morgan fingerprint density at radius 3 is 2.72 bits per heavy atom. The molecule has 0 unspecified atom stereocenters. The van der Waals surface area contributed by atoms with Crippen molar-refractivity contribution in [1.29, 1.82) is 0 Å². The molecule has 5 rings (SSSR count). The van der Waals surface area contributed by atoms with E-state index in [1.54, 1.807) is 7.11 Å². The number of aliphatic imine (C=N–C) groups is 1. The molecule has 0 radical (unpaired) electrons. The van der Waals surface area contributed by atoms with E-state index in [1.807, 2.05) is 55.5 Å². The summed E-state index contributed by atoms with van der Waals surface area (Å²) < 4.78 is 5.34. The fourth-order valence-corrected chi connectivity index (χ4v) is 3.89. The Morgan fingerprint density at radius 2 is 1.93 bits per heavy atom. The second-order valence-electron chi connectivity index (χ2n) is 7.42. The molecule has 0 fully saturated rings. The smallest absolute Gasteiger partial charge is 0.196 e. The number of pyridine rings is 1. The second-order valence-corrected chi connectivity index (χ2v) is 7.42. The van der Waals surface area contributed by atoms with Crippen molar-refractivity contribution in [3.63, 3.8) is 0 Å². The molecule has 2 aliphatic heterocycles. The highest BCUT2D eigenvalue weighted by Gasteiger charge is 2.32. The van der Waals surface area contributed by atoms with Crippen LogP contribution in [-0.2, 0) is 0 Å². The maximum Gasteiger partial charge on any atom is 0.196 e. The Labute approximate surface area is 169 Å². The molecule has 5 nitrogen and oxygen atoms in total. The summed E-state index contributed by atoms with van der Waals surface area (Å²) in [5, 5.41) is 1.01. The summed E-state index contributed by atoms with van der Waals surface area (Å²) in [6.07, 6.45) is 2.88. The van der Waals surface area contributed by atoms with E-state index in [4.69, 9.17) is 14.7 Å². The molecule has 0 atom stereocenters. The van der Waals surface area contributed by atoms with Crippen LogP contribution in [0.25, 0.3) is 17.0 Å². The Balaban J connectivity index is 1.68. The first-order chi connectivity index (χ1) is 14.1. The van der Waals surface area contributed by atoms with Crippen molar-refractivity contribution in [3.05, 3.63) is 70.8 Å². The maximum atomic E-state index is 13.3. The molecule has 5 heteroatoms. The number of aryl methyl sites for hydroxylation is 1. The van der Waals surface area contributed by atoms with E-state index in [0.717, 1.165) is 58.9 Å². The highest BCUT2D eigenvalue weighted by Crippen LogP contribution is 2.34. The van der Waals surface area contributed by atoms with Crippen molar-refractivity contribution in [1.82, 2.24) is 4.98 Å². The monoisotopic (exact) mass is 383 g/mol. The first-order valence-corrected chi connectivity index (χ1v) is 9.78. The summed E-state index contributed by atoms with van der Waals surface area (Å²) in [7, 11) is 1.65. The van der Waals surface area contributed by atoms with Gasteiger partial charge in [0.1, 0.15) is 17.4 Å². The van der Waals surface area contributed by atoms with Gasteiger partial charge in [0.2, 0.25) is 0 Å². The van der Waals surface area contributed by atoms with Crippen LogP contribution in [0.3, 0.4) is 0 Å². The van der Waals surface area contributed by atoms with Crippen molar-refractivity contribution in [3.8, 4) is 5.75 Å². The lowest BCUT2D eigenvalue weighted by Crippen LogP contribution is -2.41. The number of nitrogens with zero attached hydrogens (tertiary/aromatic N) is 3. The van der Waals surface area contributed by atoms with Gasteiger partial charge in [-0.25, -0.2) is 4.98 Å². The number of aromatic nitrogens is 1. The van der Waals surface area contributed by atoms with Crippen LogP contribution in [0.15, 0.2) is 59.1 Å². The van der Waals surface area contributed by atoms with Gasteiger partial charge < -0.3 is 9.64 Å². The number of carbonyl (C=O) groups is 1. The number of hydrogen-bond acceptors (Lipinski definition) is 5. The predicted molar refractivity (Wildman–Crippen MR) is 116 cm³/mol. The van der Waals surface area contributed by atoms with Gasteiger partial charge in [0.25, 0.3) is 0 Å². The molecule has 1 aromatic heterocycles. The van der Waals surface area contributed by atoms with E-state index in [-0.39, 0.29) is 5.78 Å². The summed E-state index contributed by atoms with van der Waals surface area (Å²) >= 11 is 0. The first kappa shape index (κ1) is 17.6.